The molecule has 0 saturated carbocycles. The summed E-state index contributed by atoms with van der Waals surface area (Å²) in [5, 5.41) is 1.19. The van der Waals surface area contributed by atoms with Crippen molar-refractivity contribution in [3.8, 4) is 0 Å². The van der Waals surface area contributed by atoms with Crippen LogP contribution in [0.4, 0.5) is 0 Å². The summed E-state index contributed by atoms with van der Waals surface area (Å²) >= 11 is 11.7. The standard InChI is InChI=1S/C10H13Cl2NO/c1-2-14-6-10(13)7-3-8(11)5-9(12)4-7/h3-5,10H,2,6,13H2,1H3. The third-order valence-electron chi connectivity index (χ3n) is 1.81. The lowest BCUT2D eigenvalue weighted by molar-refractivity contribution is 0.133. The molecule has 1 atom stereocenters. The third kappa shape index (κ3) is 3.46. The number of halogens is 2. The van der Waals surface area contributed by atoms with E-state index in [1.165, 1.54) is 0 Å². The van der Waals surface area contributed by atoms with E-state index in [1.807, 2.05) is 6.92 Å². The van der Waals surface area contributed by atoms with Crippen molar-refractivity contribution >= 4 is 23.2 Å². The van der Waals surface area contributed by atoms with Gasteiger partial charge in [-0.3, -0.25) is 0 Å². The zero-order valence-corrected chi connectivity index (χ0v) is 9.48. The maximum absolute atomic E-state index is 5.88. The Morgan fingerprint density at radius 2 is 1.86 bits per heavy atom. The lowest BCUT2D eigenvalue weighted by Gasteiger charge is -2.12. The first kappa shape index (κ1) is 11.8. The normalized spacial score (nSPS) is 12.9. The van der Waals surface area contributed by atoms with Gasteiger partial charge in [-0.1, -0.05) is 23.2 Å². The Hall–Kier alpha value is -0.280. The van der Waals surface area contributed by atoms with Crippen molar-refractivity contribution < 1.29 is 4.74 Å². The smallest absolute Gasteiger partial charge is 0.0659 e. The van der Waals surface area contributed by atoms with Gasteiger partial charge in [0.25, 0.3) is 0 Å². The summed E-state index contributed by atoms with van der Waals surface area (Å²) in [6, 6.07) is 5.11. The number of nitrogens with two attached hydrogens (primary N) is 1. The van der Waals surface area contributed by atoms with Crippen LogP contribution in [0.25, 0.3) is 0 Å². The summed E-state index contributed by atoms with van der Waals surface area (Å²) in [7, 11) is 0. The molecule has 1 rings (SSSR count). The van der Waals surface area contributed by atoms with Gasteiger partial charge in [0.1, 0.15) is 0 Å². The van der Waals surface area contributed by atoms with Crippen molar-refractivity contribution in [1.29, 1.82) is 0 Å². The van der Waals surface area contributed by atoms with E-state index in [0.29, 0.717) is 23.3 Å². The molecule has 2 N–H and O–H groups in total. The molecule has 4 heteroatoms. The fraction of sp³-hybridized carbons (Fsp3) is 0.400. The molecule has 0 spiro atoms. The van der Waals surface area contributed by atoms with Crippen LogP contribution < -0.4 is 5.73 Å². The molecule has 1 aromatic carbocycles. The molecule has 1 unspecified atom stereocenters. The van der Waals surface area contributed by atoms with Gasteiger partial charge in [0, 0.05) is 16.7 Å². The molecule has 0 aromatic heterocycles. The lowest BCUT2D eigenvalue weighted by atomic mass is 10.1. The van der Waals surface area contributed by atoms with Gasteiger partial charge in [-0.2, -0.15) is 0 Å². The van der Waals surface area contributed by atoms with Crippen LogP contribution in [0.1, 0.15) is 18.5 Å². The summed E-state index contributed by atoms with van der Waals surface area (Å²) in [6.45, 7) is 3.06. The minimum atomic E-state index is -0.175. The Morgan fingerprint density at radius 3 is 2.36 bits per heavy atom. The van der Waals surface area contributed by atoms with Gasteiger partial charge in [-0.25, -0.2) is 0 Å². The van der Waals surface area contributed by atoms with Gasteiger partial charge in [0.05, 0.1) is 12.6 Å². The predicted octanol–water partition coefficient (Wildman–Crippen LogP) is 3.03. The highest BCUT2D eigenvalue weighted by Crippen LogP contribution is 2.22. The second kappa shape index (κ2) is 5.56. The molecule has 0 aliphatic heterocycles. The first-order valence-corrected chi connectivity index (χ1v) is 5.18. The van der Waals surface area contributed by atoms with E-state index in [-0.39, 0.29) is 6.04 Å². The van der Waals surface area contributed by atoms with Gasteiger partial charge in [-0.15, -0.1) is 0 Å². The molecule has 0 heterocycles. The van der Waals surface area contributed by atoms with Gasteiger partial charge in [-0.05, 0) is 30.7 Å². The molecule has 78 valence electrons. The second-order valence-corrected chi connectivity index (χ2v) is 3.84. The largest absolute Gasteiger partial charge is 0.380 e. The molecule has 2 nitrogen and oxygen atoms in total. The molecule has 0 aliphatic rings. The number of rotatable bonds is 4. The number of ether oxygens (including phenoxy) is 1. The van der Waals surface area contributed by atoms with Crippen molar-refractivity contribution in [2.45, 2.75) is 13.0 Å². The van der Waals surface area contributed by atoms with Crippen LogP contribution >= 0.6 is 23.2 Å². The van der Waals surface area contributed by atoms with Crippen LogP contribution in [0, 0.1) is 0 Å². The van der Waals surface area contributed by atoms with Crippen molar-refractivity contribution in [1.82, 2.24) is 0 Å². The van der Waals surface area contributed by atoms with Crippen LogP contribution in [0.15, 0.2) is 18.2 Å². The SMILES string of the molecule is CCOCC(N)c1cc(Cl)cc(Cl)c1. The molecule has 0 aliphatic carbocycles. The number of hydrogen-bond donors (Lipinski definition) is 1. The minimum absolute atomic E-state index is 0.175. The Kier molecular flexibility index (Phi) is 4.69. The summed E-state index contributed by atoms with van der Waals surface area (Å²) in [6.07, 6.45) is 0. The van der Waals surface area contributed by atoms with E-state index in [2.05, 4.69) is 0 Å². The molecule has 0 fully saturated rings. The molecular weight excluding hydrogens is 221 g/mol. The molecule has 1 aromatic rings. The zero-order valence-electron chi connectivity index (χ0n) is 7.97. The highest BCUT2D eigenvalue weighted by molar-refractivity contribution is 6.34. The number of hydrogen-bond acceptors (Lipinski definition) is 2. The van der Waals surface area contributed by atoms with Crippen LogP contribution in [0.5, 0.6) is 0 Å². The van der Waals surface area contributed by atoms with Crippen LogP contribution in [-0.2, 0) is 4.74 Å². The average molecular weight is 234 g/mol. The Bertz CT molecular complexity index is 284. The maximum Gasteiger partial charge on any atom is 0.0659 e. The monoisotopic (exact) mass is 233 g/mol. The summed E-state index contributed by atoms with van der Waals surface area (Å²) < 4.78 is 5.22. The van der Waals surface area contributed by atoms with Crippen LogP contribution in [-0.4, -0.2) is 13.2 Å². The molecule has 0 saturated heterocycles. The second-order valence-electron chi connectivity index (χ2n) is 2.97. The van der Waals surface area contributed by atoms with Gasteiger partial charge in [0.15, 0.2) is 0 Å². The van der Waals surface area contributed by atoms with Crippen molar-refractivity contribution in [2.24, 2.45) is 5.73 Å². The maximum atomic E-state index is 5.88. The van der Waals surface area contributed by atoms with E-state index >= 15 is 0 Å². The molecule has 0 radical (unpaired) electrons. The van der Waals surface area contributed by atoms with Gasteiger partial charge < -0.3 is 10.5 Å². The van der Waals surface area contributed by atoms with E-state index in [9.17, 15) is 0 Å². The minimum Gasteiger partial charge on any atom is -0.380 e. The quantitative estimate of drug-likeness (QED) is 0.868. The molecule has 0 bridgehead atoms. The van der Waals surface area contributed by atoms with E-state index in [1.54, 1.807) is 18.2 Å². The first-order chi connectivity index (χ1) is 6.63. The van der Waals surface area contributed by atoms with E-state index in [4.69, 9.17) is 33.7 Å². The van der Waals surface area contributed by atoms with Crippen LogP contribution in [0.2, 0.25) is 10.0 Å². The number of benzene rings is 1. The Balaban J connectivity index is 2.73. The van der Waals surface area contributed by atoms with Gasteiger partial charge in [0.2, 0.25) is 0 Å². The Labute approximate surface area is 94.0 Å². The topological polar surface area (TPSA) is 35.2 Å². The molecular formula is C10H13Cl2NO. The van der Waals surface area contributed by atoms with E-state index < -0.39 is 0 Å². The fourth-order valence-corrected chi connectivity index (χ4v) is 1.67. The van der Waals surface area contributed by atoms with Gasteiger partial charge >= 0.3 is 0 Å². The predicted molar refractivity (Wildman–Crippen MR) is 59.9 cm³/mol. The summed E-state index contributed by atoms with van der Waals surface area (Å²) in [5.41, 5.74) is 6.78. The lowest BCUT2D eigenvalue weighted by Crippen LogP contribution is -2.17. The zero-order chi connectivity index (χ0) is 10.6. The van der Waals surface area contributed by atoms with Crippen molar-refractivity contribution in [2.75, 3.05) is 13.2 Å². The van der Waals surface area contributed by atoms with Crippen LogP contribution in [0.3, 0.4) is 0 Å². The molecule has 0 amide bonds. The van der Waals surface area contributed by atoms with E-state index in [0.717, 1.165) is 5.56 Å². The summed E-state index contributed by atoms with van der Waals surface area (Å²) in [5.74, 6) is 0. The Morgan fingerprint density at radius 1 is 1.29 bits per heavy atom. The fourth-order valence-electron chi connectivity index (χ4n) is 1.13. The van der Waals surface area contributed by atoms with Crippen molar-refractivity contribution in [3.63, 3.8) is 0 Å². The first-order valence-electron chi connectivity index (χ1n) is 4.42. The summed E-state index contributed by atoms with van der Waals surface area (Å²) in [4.78, 5) is 0. The highest BCUT2D eigenvalue weighted by Gasteiger charge is 2.07. The highest BCUT2D eigenvalue weighted by atomic mass is 35.5. The molecule has 14 heavy (non-hydrogen) atoms. The third-order valence-corrected chi connectivity index (χ3v) is 2.25. The van der Waals surface area contributed by atoms with Crippen molar-refractivity contribution in [3.05, 3.63) is 33.8 Å². The average Bonchev–Trinajstić information content (AvgIpc) is 2.12.